The maximum Gasteiger partial charge on any atom is 0.343 e. The molecule has 0 aliphatic heterocycles. The van der Waals surface area contributed by atoms with Gasteiger partial charge in [-0.25, -0.2) is 19.4 Å². The minimum Gasteiger partial charge on any atom is -0.506 e. The second-order valence-corrected chi connectivity index (χ2v) is 8.40. The first-order valence-electron chi connectivity index (χ1n) is 11.3. The fraction of sp³-hybridized carbons (Fsp3) is 0.0741. The van der Waals surface area contributed by atoms with Crippen molar-refractivity contribution in [3.8, 4) is 28.1 Å². The monoisotopic (exact) mass is 512 g/mol. The minimum atomic E-state index is -0.548. The summed E-state index contributed by atoms with van der Waals surface area (Å²) in [5.74, 6) is 0.665. The highest BCUT2D eigenvalue weighted by Crippen LogP contribution is 2.38. The third kappa shape index (κ3) is 3.95. The van der Waals surface area contributed by atoms with Gasteiger partial charge in [0.1, 0.15) is 35.4 Å². The lowest BCUT2D eigenvalue weighted by Crippen LogP contribution is -2.14. The first kappa shape index (κ1) is 24.0. The van der Waals surface area contributed by atoms with Crippen molar-refractivity contribution < 1.29 is 9.52 Å². The molecule has 10 heteroatoms. The van der Waals surface area contributed by atoms with E-state index in [1.54, 1.807) is 23.0 Å². The minimum absolute atomic E-state index is 0. The first-order valence-corrected chi connectivity index (χ1v) is 11.3. The van der Waals surface area contributed by atoms with E-state index >= 15 is 0 Å². The molecule has 0 fully saturated rings. The van der Waals surface area contributed by atoms with Crippen LogP contribution in [0.25, 0.3) is 44.2 Å². The lowest BCUT2D eigenvalue weighted by atomic mass is 9.96. The quantitative estimate of drug-likeness (QED) is 0.338. The Balaban J connectivity index is 0.00000280. The van der Waals surface area contributed by atoms with Gasteiger partial charge in [0.2, 0.25) is 0 Å². The second kappa shape index (κ2) is 9.36. The molecule has 0 amide bonds. The summed E-state index contributed by atoms with van der Waals surface area (Å²) >= 11 is 0. The highest BCUT2D eigenvalue weighted by atomic mass is 35.5. The van der Waals surface area contributed by atoms with Gasteiger partial charge in [-0.15, -0.1) is 12.4 Å². The van der Waals surface area contributed by atoms with Crippen molar-refractivity contribution in [1.82, 2.24) is 24.7 Å². The van der Waals surface area contributed by atoms with Crippen LogP contribution in [-0.2, 0) is 0 Å². The number of aromatic hydroxyl groups is 1. The zero-order valence-electron chi connectivity index (χ0n) is 19.6. The highest BCUT2D eigenvalue weighted by molar-refractivity contribution is 5.99. The van der Waals surface area contributed by atoms with Gasteiger partial charge in [-0.3, -0.25) is 4.98 Å². The third-order valence-corrected chi connectivity index (χ3v) is 6.19. The van der Waals surface area contributed by atoms with Gasteiger partial charge in [0.15, 0.2) is 5.65 Å². The molecular weight excluding hydrogens is 492 g/mol. The summed E-state index contributed by atoms with van der Waals surface area (Å²) in [6.07, 6.45) is 4.28. The molecule has 0 aliphatic carbocycles. The molecule has 4 heterocycles. The van der Waals surface area contributed by atoms with Gasteiger partial charge in [-0.05, 0) is 24.6 Å². The molecule has 37 heavy (non-hydrogen) atoms. The van der Waals surface area contributed by atoms with Crippen molar-refractivity contribution in [3.05, 3.63) is 95.6 Å². The van der Waals surface area contributed by atoms with Crippen LogP contribution in [0.4, 0.5) is 5.82 Å². The van der Waals surface area contributed by atoms with E-state index < -0.39 is 11.7 Å². The van der Waals surface area contributed by atoms with Gasteiger partial charge in [0, 0.05) is 22.7 Å². The first-order chi connectivity index (χ1) is 17.5. The number of hydrogen-bond acceptors (Lipinski definition) is 8. The Labute approximate surface area is 216 Å². The SMILES string of the molecule is CC(c1oc(=O)c2ccccc2c1-c1ccccc1)n1nc(-c2cncc(O)c2)c2c(N)ncnc21.Cl. The van der Waals surface area contributed by atoms with E-state index in [1.165, 1.54) is 12.5 Å². The number of fused-ring (bicyclic) bond motifs is 2. The zero-order valence-corrected chi connectivity index (χ0v) is 20.4. The number of rotatable bonds is 4. The number of halogens is 1. The number of hydrogen-bond donors (Lipinski definition) is 2. The fourth-order valence-corrected chi connectivity index (χ4v) is 4.55. The molecule has 6 rings (SSSR count). The predicted molar refractivity (Wildman–Crippen MR) is 144 cm³/mol. The van der Waals surface area contributed by atoms with E-state index in [0.29, 0.717) is 33.4 Å². The molecule has 3 N–H and O–H groups in total. The van der Waals surface area contributed by atoms with Gasteiger partial charge < -0.3 is 15.3 Å². The van der Waals surface area contributed by atoms with E-state index in [2.05, 4.69) is 15.0 Å². The molecule has 0 radical (unpaired) electrons. The van der Waals surface area contributed by atoms with E-state index in [0.717, 1.165) is 16.5 Å². The average Bonchev–Trinajstić information content (AvgIpc) is 3.30. The van der Waals surface area contributed by atoms with Gasteiger partial charge in [0.05, 0.1) is 17.0 Å². The van der Waals surface area contributed by atoms with Crippen molar-refractivity contribution >= 4 is 40.0 Å². The van der Waals surface area contributed by atoms with E-state index in [9.17, 15) is 9.90 Å². The van der Waals surface area contributed by atoms with Gasteiger partial charge in [-0.2, -0.15) is 5.10 Å². The van der Waals surface area contributed by atoms with Crippen LogP contribution in [0.1, 0.15) is 18.7 Å². The molecule has 184 valence electrons. The summed E-state index contributed by atoms with van der Waals surface area (Å²) in [7, 11) is 0. The van der Waals surface area contributed by atoms with Crippen molar-refractivity contribution in [1.29, 1.82) is 0 Å². The Hall–Kier alpha value is -4.76. The molecule has 0 saturated carbocycles. The molecule has 1 unspecified atom stereocenters. The molecule has 0 saturated heterocycles. The zero-order chi connectivity index (χ0) is 24.8. The number of aromatic nitrogens is 5. The van der Waals surface area contributed by atoms with Crippen LogP contribution < -0.4 is 11.4 Å². The Morgan fingerprint density at radius 2 is 1.70 bits per heavy atom. The lowest BCUT2D eigenvalue weighted by molar-refractivity contribution is 0.405. The topological polar surface area (TPSA) is 133 Å². The number of nitrogen functional groups attached to an aromatic ring is 1. The van der Waals surface area contributed by atoms with Crippen LogP contribution in [0, 0.1) is 0 Å². The molecule has 9 nitrogen and oxygen atoms in total. The van der Waals surface area contributed by atoms with Gasteiger partial charge in [-0.1, -0.05) is 48.5 Å². The molecule has 0 spiro atoms. The van der Waals surface area contributed by atoms with Crippen LogP contribution >= 0.6 is 12.4 Å². The lowest BCUT2D eigenvalue weighted by Gasteiger charge is -2.18. The van der Waals surface area contributed by atoms with Crippen LogP contribution in [0.2, 0.25) is 0 Å². The Kier molecular flexibility index (Phi) is 6.06. The Morgan fingerprint density at radius 3 is 2.46 bits per heavy atom. The van der Waals surface area contributed by atoms with E-state index in [4.69, 9.17) is 15.2 Å². The van der Waals surface area contributed by atoms with Crippen LogP contribution in [0.3, 0.4) is 0 Å². The second-order valence-electron chi connectivity index (χ2n) is 8.40. The smallest absolute Gasteiger partial charge is 0.343 e. The van der Waals surface area contributed by atoms with E-state index in [-0.39, 0.29) is 24.0 Å². The average molecular weight is 513 g/mol. The standard InChI is InChI=1S/C27H20N6O3.ClH/c1-15(24-21(16-7-3-2-4-8-16)19-9-5-6-10-20(19)27(35)36-24)33-26-22(25(28)30-14-31-26)23(32-33)17-11-18(34)13-29-12-17;/h2-15,34H,1H3,(H2,28,30,31);1H. The molecular formula is C27H21ClN6O3. The third-order valence-electron chi connectivity index (χ3n) is 6.19. The van der Waals surface area contributed by atoms with E-state index in [1.807, 2.05) is 55.5 Å². The number of nitrogens with two attached hydrogens (primary N) is 1. The van der Waals surface area contributed by atoms with Crippen LogP contribution in [0.5, 0.6) is 5.75 Å². The molecule has 4 aromatic heterocycles. The Bertz CT molecular complexity index is 1820. The van der Waals surface area contributed by atoms with Crippen molar-refractivity contribution in [2.75, 3.05) is 5.73 Å². The maximum atomic E-state index is 13.0. The van der Waals surface area contributed by atoms with Crippen LogP contribution in [0.15, 0.2) is 88.6 Å². The fourth-order valence-electron chi connectivity index (χ4n) is 4.55. The largest absolute Gasteiger partial charge is 0.506 e. The summed E-state index contributed by atoms with van der Waals surface area (Å²) < 4.78 is 7.62. The molecule has 6 aromatic rings. The van der Waals surface area contributed by atoms with Gasteiger partial charge in [0.25, 0.3) is 0 Å². The Morgan fingerprint density at radius 1 is 0.973 bits per heavy atom. The molecule has 0 aliphatic rings. The summed E-state index contributed by atoms with van der Waals surface area (Å²) in [5.41, 5.74) is 8.98. The predicted octanol–water partition coefficient (Wildman–Crippen LogP) is 4.98. The number of benzene rings is 2. The summed E-state index contributed by atoms with van der Waals surface area (Å²) in [6, 6.07) is 18.1. The molecule has 1 atom stereocenters. The molecule has 2 aromatic carbocycles. The van der Waals surface area contributed by atoms with Crippen molar-refractivity contribution in [2.24, 2.45) is 0 Å². The highest BCUT2D eigenvalue weighted by Gasteiger charge is 2.26. The molecule has 0 bridgehead atoms. The maximum absolute atomic E-state index is 13.0. The van der Waals surface area contributed by atoms with Crippen molar-refractivity contribution in [2.45, 2.75) is 13.0 Å². The number of anilines is 1. The summed E-state index contributed by atoms with van der Waals surface area (Å²) in [4.78, 5) is 25.7. The number of nitrogens with zero attached hydrogens (tertiary/aromatic N) is 5. The van der Waals surface area contributed by atoms with Crippen LogP contribution in [-0.4, -0.2) is 29.8 Å². The van der Waals surface area contributed by atoms with Crippen molar-refractivity contribution in [3.63, 3.8) is 0 Å². The summed E-state index contributed by atoms with van der Waals surface area (Å²) in [6.45, 7) is 1.88. The number of pyridine rings is 1. The normalized spacial score (nSPS) is 11.9. The van der Waals surface area contributed by atoms with Gasteiger partial charge >= 0.3 is 5.63 Å². The summed E-state index contributed by atoms with van der Waals surface area (Å²) in [5, 5.41) is 16.6.